The lowest BCUT2D eigenvalue weighted by Gasteiger charge is -2.16. The van der Waals surface area contributed by atoms with Gasteiger partial charge >= 0.3 is 0 Å². The third-order valence-electron chi connectivity index (χ3n) is 2.27. The first-order valence-corrected chi connectivity index (χ1v) is 6.09. The number of thiazole rings is 1. The molecule has 0 amide bonds. The van der Waals surface area contributed by atoms with Crippen LogP contribution in [0.4, 0.5) is 5.13 Å². The zero-order chi connectivity index (χ0) is 11.3. The van der Waals surface area contributed by atoms with Gasteiger partial charge in [0.2, 0.25) is 0 Å². The Labute approximate surface area is 94.7 Å². The molecule has 5 heteroatoms. The van der Waals surface area contributed by atoms with Crippen LogP contribution in [0, 0.1) is 0 Å². The van der Waals surface area contributed by atoms with Gasteiger partial charge in [-0.25, -0.2) is 4.98 Å². The summed E-state index contributed by atoms with van der Waals surface area (Å²) in [6.45, 7) is 6.19. The molecule has 86 valence electrons. The minimum absolute atomic E-state index is 0.0263. The average molecular weight is 229 g/mol. The summed E-state index contributed by atoms with van der Waals surface area (Å²) in [5.74, 6) is 0. The Balaban J connectivity index is 2.63. The lowest BCUT2D eigenvalue weighted by atomic mass is 10.2. The number of nitrogens with two attached hydrogens (primary N) is 1. The van der Waals surface area contributed by atoms with Crippen molar-refractivity contribution in [3.8, 4) is 0 Å². The fraction of sp³-hybridized carbons (Fsp3) is 0.700. The van der Waals surface area contributed by atoms with Crippen LogP contribution in [0.15, 0.2) is 6.20 Å². The van der Waals surface area contributed by atoms with E-state index in [0.717, 1.165) is 23.1 Å². The van der Waals surface area contributed by atoms with Crippen molar-refractivity contribution in [3.63, 3.8) is 0 Å². The largest absolute Gasteiger partial charge is 0.395 e. The summed E-state index contributed by atoms with van der Waals surface area (Å²) in [6.07, 6.45) is 2.56. The van der Waals surface area contributed by atoms with Gasteiger partial charge in [-0.1, -0.05) is 0 Å². The number of aromatic nitrogens is 1. The van der Waals surface area contributed by atoms with E-state index >= 15 is 0 Å². The Kier molecular flexibility index (Phi) is 5.01. The first-order valence-electron chi connectivity index (χ1n) is 5.27. The van der Waals surface area contributed by atoms with Crippen molar-refractivity contribution in [2.24, 2.45) is 5.73 Å². The SMILES string of the molecule is CCN(CC)c1ncc(CC(N)CO)s1. The summed E-state index contributed by atoms with van der Waals surface area (Å²) in [5, 5.41) is 9.90. The van der Waals surface area contributed by atoms with E-state index in [9.17, 15) is 0 Å². The predicted octanol–water partition coefficient (Wildman–Crippen LogP) is 0.851. The molecule has 1 unspecified atom stereocenters. The van der Waals surface area contributed by atoms with Gasteiger partial charge in [0.1, 0.15) is 0 Å². The lowest BCUT2D eigenvalue weighted by molar-refractivity contribution is 0.265. The van der Waals surface area contributed by atoms with Gasteiger partial charge in [0.15, 0.2) is 5.13 Å². The number of hydrogen-bond acceptors (Lipinski definition) is 5. The van der Waals surface area contributed by atoms with Gasteiger partial charge in [0, 0.05) is 36.6 Å². The van der Waals surface area contributed by atoms with Gasteiger partial charge in [0.25, 0.3) is 0 Å². The first kappa shape index (κ1) is 12.4. The van der Waals surface area contributed by atoms with Gasteiger partial charge in [-0.2, -0.15) is 0 Å². The molecule has 1 heterocycles. The molecule has 0 aliphatic carbocycles. The van der Waals surface area contributed by atoms with Crippen LogP contribution in [-0.4, -0.2) is 35.8 Å². The highest BCUT2D eigenvalue weighted by Gasteiger charge is 2.09. The Hall–Kier alpha value is -0.650. The number of aliphatic hydroxyl groups is 1. The summed E-state index contributed by atoms with van der Waals surface area (Å²) < 4.78 is 0. The molecule has 0 saturated carbocycles. The van der Waals surface area contributed by atoms with Crippen molar-refractivity contribution in [2.45, 2.75) is 26.3 Å². The maximum atomic E-state index is 8.85. The molecule has 0 bridgehead atoms. The molecule has 3 N–H and O–H groups in total. The van der Waals surface area contributed by atoms with Gasteiger partial charge in [0.05, 0.1) is 6.61 Å². The second-order valence-electron chi connectivity index (χ2n) is 3.43. The number of anilines is 1. The number of hydrogen-bond donors (Lipinski definition) is 2. The fourth-order valence-corrected chi connectivity index (χ4v) is 2.48. The molecular weight excluding hydrogens is 210 g/mol. The molecule has 0 radical (unpaired) electrons. The van der Waals surface area contributed by atoms with Gasteiger partial charge in [-0.05, 0) is 13.8 Å². The number of nitrogens with zero attached hydrogens (tertiary/aromatic N) is 2. The normalized spacial score (nSPS) is 12.8. The summed E-state index contributed by atoms with van der Waals surface area (Å²) in [5.41, 5.74) is 5.67. The van der Waals surface area contributed by atoms with E-state index in [0.29, 0.717) is 6.42 Å². The Bertz CT molecular complexity index is 286. The van der Waals surface area contributed by atoms with Crippen molar-refractivity contribution in [3.05, 3.63) is 11.1 Å². The van der Waals surface area contributed by atoms with Crippen LogP contribution in [0.25, 0.3) is 0 Å². The van der Waals surface area contributed by atoms with Crippen LogP contribution in [-0.2, 0) is 6.42 Å². The van der Waals surface area contributed by atoms with Crippen LogP contribution in [0.3, 0.4) is 0 Å². The van der Waals surface area contributed by atoms with Crippen LogP contribution in [0.1, 0.15) is 18.7 Å². The summed E-state index contributed by atoms with van der Waals surface area (Å²) >= 11 is 1.66. The summed E-state index contributed by atoms with van der Waals surface area (Å²) in [4.78, 5) is 7.70. The fourth-order valence-electron chi connectivity index (χ4n) is 1.35. The topological polar surface area (TPSA) is 62.4 Å². The van der Waals surface area contributed by atoms with E-state index < -0.39 is 0 Å². The van der Waals surface area contributed by atoms with Crippen molar-refractivity contribution >= 4 is 16.5 Å². The molecule has 0 fully saturated rings. The third kappa shape index (κ3) is 3.44. The van der Waals surface area contributed by atoms with Crippen LogP contribution in [0.2, 0.25) is 0 Å². The highest BCUT2D eigenvalue weighted by Crippen LogP contribution is 2.22. The highest BCUT2D eigenvalue weighted by molar-refractivity contribution is 7.15. The zero-order valence-corrected chi connectivity index (χ0v) is 10.1. The molecule has 4 nitrogen and oxygen atoms in total. The molecular formula is C10H19N3OS. The number of rotatable bonds is 6. The smallest absolute Gasteiger partial charge is 0.185 e. The van der Waals surface area contributed by atoms with Crippen LogP contribution in [0.5, 0.6) is 0 Å². The molecule has 0 spiro atoms. The molecule has 0 aliphatic rings. The van der Waals surface area contributed by atoms with E-state index in [1.165, 1.54) is 0 Å². The first-order chi connectivity index (χ1) is 7.21. The van der Waals surface area contributed by atoms with Crippen molar-refractivity contribution in [1.82, 2.24) is 4.98 Å². The lowest BCUT2D eigenvalue weighted by Crippen LogP contribution is -2.26. The van der Waals surface area contributed by atoms with E-state index in [2.05, 4.69) is 23.7 Å². The summed E-state index contributed by atoms with van der Waals surface area (Å²) in [7, 11) is 0. The van der Waals surface area contributed by atoms with Gasteiger partial charge < -0.3 is 15.7 Å². The van der Waals surface area contributed by atoms with Crippen molar-refractivity contribution in [2.75, 3.05) is 24.6 Å². The molecule has 0 aliphatic heterocycles. The van der Waals surface area contributed by atoms with Crippen LogP contribution < -0.4 is 10.6 Å². The van der Waals surface area contributed by atoms with Crippen LogP contribution >= 0.6 is 11.3 Å². The Morgan fingerprint density at radius 2 is 2.20 bits per heavy atom. The predicted molar refractivity (Wildman–Crippen MR) is 64.4 cm³/mol. The second kappa shape index (κ2) is 6.05. The number of aliphatic hydroxyl groups excluding tert-OH is 1. The standard InChI is InChI=1S/C10H19N3OS/c1-3-13(4-2)10-12-6-9(15-10)5-8(11)7-14/h6,8,14H,3-5,7,11H2,1-2H3. The molecule has 0 aromatic carbocycles. The molecule has 1 atom stereocenters. The van der Waals surface area contributed by atoms with Gasteiger partial charge in [-0.15, -0.1) is 11.3 Å². The third-order valence-corrected chi connectivity index (χ3v) is 3.35. The van der Waals surface area contributed by atoms with E-state index in [4.69, 9.17) is 10.8 Å². The minimum Gasteiger partial charge on any atom is -0.395 e. The summed E-state index contributed by atoms with van der Waals surface area (Å²) in [6, 6.07) is -0.171. The second-order valence-corrected chi connectivity index (χ2v) is 4.52. The molecule has 1 rings (SSSR count). The Morgan fingerprint density at radius 3 is 2.73 bits per heavy atom. The quantitative estimate of drug-likeness (QED) is 0.759. The van der Waals surface area contributed by atoms with E-state index in [-0.39, 0.29) is 12.6 Å². The average Bonchev–Trinajstić information content (AvgIpc) is 2.68. The molecule has 15 heavy (non-hydrogen) atoms. The molecule has 0 saturated heterocycles. The van der Waals surface area contributed by atoms with Gasteiger partial charge in [-0.3, -0.25) is 0 Å². The van der Waals surface area contributed by atoms with E-state index in [1.54, 1.807) is 11.3 Å². The maximum Gasteiger partial charge on any atom is 0.185 e. The Morgan fingerprint density at radius 1 is 1.53 bits per heavy atom. The zero-order valence-electron chi connectivity index (χ0n) is 9.31. The molecule has 1 aromatic rings. The van der Waals surface area contributed by atoms with Crippen molar-refractivity contribution < 1.29 is 5.11 Å². The maximum absolute atomic E-state index is 8.85. The van der Waals surface area contributed by atoms with E-state index in [1.807, 2.05) is 6.20 Å². The van der Waals surface area contributed by atoms with Crippen molar-refractivity contribution in [1.29, 1.82) is 0 Å². The minimum atomic E-state index is -0.171. The highest BCUT2D eigenvalue weighted by atomic mass is 32.1. The molecule has 1 aromatic heterocycles. The monoisotopic (exact) mass is 229 g/mol.